The third-order valence-corrected chi connectivity index (χ3v) is 4.03. The van der Waals surface area contributed by atoms with Crippen LogP contribution in [0.2, 0.25) is 0 Å². The molecule has 1 heterocycles. The molecule has 0 atom stereocenters. The molecular formula is C31H62N4O6S. The van der Waals surface area contributed by atoms with Gasteiger partial charge >= 0.3 is 0 Å². The SMILES string of the molecule is C#C.C#C.C#C.CC.CC.CCCCCC(=O)NCCOCCOCCOCCOCCC.NC=O.S=C1NCCN1. The van der Waals surface area contributed by atoms with Crippen LogP contribution < -0.4 is 21.7 Å². The number of amides is 2. The van der Waals surface area contributed by atoms with E-state index >= 15 is 0 Å². The monoisotopic (exact) mass is 618 g/mol. The summed E-state index contributed by atoms with van der Waals surface area (Å²) < 4.78 is 21.4. The van der Waals surface area contributed by atoms with Crippen LogP contribution in [0.25, 0.3) is 0 Å². The van der Waals surface area contributed by atoms with Gasteiger partial charge in [0.25, 0.3) is 0 Å². The van der Waals surface area contributed by atoms with Gasteiger partial charge in [-0.05, 0) is 25.1 Å². The summed E-state index contributed by atoms with van der Waals surface area (Å²) in [4.78, 5) is 20.0. The van der Waals surface area contributed by atoms with Gasteiger partial charge in [0.15, 0.2) is 5.11 Å². The number of ether oxygens (including phenoxy) is 4. The molecule has 0 aromatic rings. The van der Waals surface area contributed by atoms with E-state index in [2.05, 4.69) is 74.1 Å². The third kappa shape index (κ3) is 76.8. The molecule has 0 spiro atoms. The number of rotatable bonds is 18. The van der Waals surface area contributed by atoms with Crippen LogP contribution in [0.1, 0.15) is 73.6 Å². The largest absolute Gasteiger partial charge is 0.379 e. The van der Waals surface area contributed by atoms with E-state index in [0.29, 0.717) is 59.2 Å². The van der Waals surface area contributed by atoms with Crippen molar-refractivity contribution >= 4 is 29.6 Å². The first kappa shape index (κ1) is 55.1. The van der Waals surface area contributed by atoms with Crippen LogP contribution >= 0.6 is 12.2 Å². The van der Waals surface area contributed by atoms with Crippen LogP contribution in [0.5, 0.6) is 0 Å². The Kier molecular flexibility index (Phi) is 93.8. The molecule has 0 unspecified atom stereocenters. The maximum Gasteiger partial charge on any atom is 0.220 e. The summed E-state index contributed by atoms with van der Waals surface area (Å²) >= 11 is 4.70. The normalized spacial score (nSPS) is 9.48. The number of terminal acetylenes is 3. The lowest BCUT2D eigenvalue weighted by atomic mass is 10.2. The Hall–Kier alpha value is -2.85. The van der Waals surface area contributed by atoms with Gasteiger partial charge in [-0.1, -0.05) is 54.4 Å². The van der Waals surface area contributed by atoms with E-state index in [4.69, 9.17) is 36.0 Å². The van der Waals surface area contributed by atoms with Crippen LogP contribution in [-0.4, -0.2) is 89.9 Å². The summed E-state index contributed by atoms with van der Waals surface area (Å²) in [6.07, 6.45) is 29.1. The van der Waals surface area contributed by atoms with E-state index in [0.717, 1.165) is 50.5 Å². The lowest BCUT2D eigenvalue weighted by Crippen LogP contribution is -2.27. The smallest absolute Gasteiger partial charge is 0.220 e. The number of hydrogen-bond acceptors (Lipinski definition) is 7. The Morgan fingerprint density at radius 1 is 0.762 bits per heavy atom. The molecule has 10 nitrogen and oxygen atoms in total. The average Bonchev–Trinajstić information content (AvgIpc) is 3.54. The molecule has 248 valence electrons. The van der Waals surface area contributed by atoms with E-state index in [1.54, 1.807) is 0 Å². The highest BCUT2D eigenvalue weighted by Gasteiger charge is 2.00. The molecule has 1 rings (SSSR count). The zero-order valence-corrected chi connectivity index (χ0v) is 28.1. The van der Waals surface area contributed by atoms with Crippen molar-refractivity contribution in [1.29, 1.82) is 0 Å². The maximum atomic E-state index is 11.4. The van der Waals surface area contributed by atoms with Crippen LogP contribution in [0.3, 0.4) is 0 Å². The van der Waals surface area contributed by atoms with Crippen molar-refractivity contribution in [3.8, 4) is 38.5 Å². The van der Waals surface area contributed by atoms with E-state index in [-0.39, 0.29) is 12.3 Å². The van der Waals surface area contributed by atoms with Crippen molar-refractivity contribution in [3.05, 3.63) is 0 Å². The quantitative estimate of drug-likeness (QED) is 0.0788. The molecule has 5 N–H and O–H groups in total. The van der Waals surface area contributed by atoms with Gasteiger partial charge < -0.3 is 40.6 Å². The molecule has 42 heavy (non-hydrogen) atoms. The first-order valence-electron chi connectivity index (χ1n) is 14.4. The molecule has 1 saturated heterocycles. The number of carbonyl (C=O) groups excluding carboxylic acids is 2. The van der Waals surface area contributed by atoms with Crippen LogP contribution in [0.4, 0.5) is 0 Å². The molecule has 0 aromatic heterocycles. The van der Waals surface area contributed by atoms with Crippen molar-refractivity contribution in [2.45, 2.75) is 73.6 Å². The van der Waals surface area contributed by atoms with Crippen molar-refractivity contribution in [2.75, 3.05) is 72.5 Å². The van der Waals surface area contributed by atoms with Gasteiger partial charge in [-0.3, -0.25) is 9.59 Å². The van der Waals surface area contributed by atoms with Gasteiger partial charge in [0, 0.05) is 32.7 Å². The van der Waals surface area contributed by atoms with Crippen LogP contribution in [-0.2, 0) is 28.5 Å². The number of unbranched alkanes of at least 4 members (excludes halogenated alkanes) is 2. The summed E-state index contributed by atoms with van der Waals surface area (Å²) in [5.74, 6) is 0.110. The molecule has 0 aromatic carbocycles. The molecule has 0 bridgehead atoms. The highest BCUT2D eigenvalue weighted by molar-refractivity contribution is 7.80. The number of primary amides is 1. The Balaban J connectivity index is -0.000000105. The second-order valence-electron chi connectivity index (χ2n) is 6.58. The zero-order chi connectivity index (χ0) is 34.1. The summed E-state index contributed by atoms with van der Waals surface area (Å²) in [7, 11) is 0. The molecule has 1 aliphatic heterocycles. The summed E-state index contributed by atoms with van der Waals surface area (Å²) in [5, 5.41) is 9.51. The molecule has 1 fully saturated rings. The number of carbonyl (C=O) groups is 2. The fraction of sp³-hybridized carbons (Fsp3) is 0.710. The predicted molar refractivity (Wildman–Crippen MR) is 182 cm³/mol. The molecule has 0 saturated carbocycles. The summed E-state index contributed by atoms with van der Waals surface area (Å²) in [6.45, 7) is 19.5. The van der Waals surface area contributed by atoms with Gasteiger partial charge in [-0.15, -0.1) is 38.5 Å². The second-order valence-corrected chi connectivity index (χ2v) is 6.98. The minimum atomic E-state index is 0.110. The van der Waals surface area contributed by atoms with Gasteiger partial charge in [-0.25, -0.2) is 0 Å². The van der Waals surface area contributed by atoms with Crippen molar-refractivity contribution in [3.63, 3.8) is 0 Å². The van der Waals surface area contributed by atoms with E-state index in [9.17, 15) is 4.79 Å². The van der Waals surface area contributed by atoms with Gasteiger partial charge in [0.2, 0.25) is 12.3 Å². The fourth-order valence-electron chi connectivity index (χ4n) is 2.21. The standard InChI is InChI=1S/C17H35NO5.C3H6N2S.2C2H6.3C2H2.CH3NO/c1-3-5-6-7-17(19)18-8-10-21-12-14-23-16-15-22-13-11-20-9-4-2;6-3-4-1-2-5-3;5*1-2;2-1-3/h3-16H2,1-2H3,(H,18,19);1-2H2,(H2,4,5,6);2*1-2H3;3*1-2H;1H,(H2,2,3). The second kappa shape index (κ2) is 71.4. The maximum absolute atomic E-state index is 11.4. The Bertz CT molecular complexity index is 525. The van der Waals surface area contributed by atoms with Gasteiger partial charge in [-0.2, -0.15) is 0 Å². The lowest BCUT2D eigenvalue weighted by Gasteiger charge is -2.08. The summed E-state index contributed by atoms with van der Waals surface area (Å²) in [6, 6.07) is 0. The Morgan fingerprint density at radius 2 is 1.12 bits per heavy atom. The first-order valence-corrected chi connectivity index (χ1v) is 14.8. The van der Waals surface area contributed by atoms with Crippen molar-refractivity contribution in [2.24, 2.45) is 5.73 Å². The molecular weight excluding hydrogens is 556 g/mol. The Labute approximate surface area is 264 Å². The minimum Gasteiger partial charge on any atom is -0.379 e. The predicted octanol–water partition coefficient (Wildman–Crippen LogP) is 3.53. The van der Waals surface area contributed by atoms with E-state index in [1.807, 2.05) is 27.7 Å². The number of thiocarbonyl (C=S) groups is 1. The number of nitrogens with two attached hydrogens (primary N) is 1. The van der Waals surface area contributed by atoms with Gasteiger partial charge in [0.05, 0.1) is 46.2 Å². The van der Waals surface area contributed by atoms with Crippen LogP contribution in [0.15, 0.2) is 0 Å². The first-order chi connectivity index (χ1) is 20.6. The Morgan fingerprint density at radius 3 is 1.43 bits per heavy atom. The lowest BCUT2D eigenvalue weighted by molar-refractivity contribution is -0.121. The third-order valence-electron chi connectivity index (χ3n) is 3.74. The van der Waals surface area contributed by atoms with Crippen LogP contribution in [0, 0.1) is 38.5 Å². The molecule has 0 aliphatic carbocycles. The number of hydrogen-bond donors (Lipinski definition) is 4. The van der Waals surface area contributed by atoms with E-state index in [1.165, 1.54) is 0 Å². The topological polar surface area (TPSA) is 133 Å². The fourth-order valence-corrected chi connectivity index (χ4v) is 2.41. The summed E-state index contributed by atoms with van der Waals surface area (Å²) in [5.41, 5.74) is 4.17. The average molecular weight is 619 g/mol. The van der Waals surface area contributed by atoms with Crippen molar-refractivity contribution < 1.29 is 28.5 Å². The van der Waals surface area contributed by atoms with E-state index < -0.39 is 0 Å². The zero-order valence-electron chi connectivity index (χ0n) is 27.3. The number of nitrogens with one attached hydrogen (secondary N) is 3. The van der Waals surface area contributed by atoms with Gasteiger partial charge in [0.1, 0.15) is 0 Å². The molecule has 1 aliphatic rings. The highest BCUT2D eigenvalue weighted by atomic mass is 32.1. The molecule has 0 radical (unpaired) electrons. The highest BCUT2D eigenvalue weighted by Crippen LogP contribution is 1.97. The molecule has 11 heteroatoms. The minimum absolute atomic E-state index is 0.110. The molecule has 2 amide bonds. The van der Waals surface area contributed by atoms with Crippen molar-refractivity contribution in [1.82, 2.24) is 16.0 Å².